The highest BCUT2D eigenvalue weighted by Gasteiger charge is 2.30. The van der Waals surface area contributed by atoms with E-state index >= 15 is 0 Å². The second-order valence-corrected chi connectivity index (χ2v) is 8.21. The number of fused-ring (bicyclic) bond motifs is 1. The Balaban J connectivity index is 1.64. The van der Waals surface area contributed by atoms with Crippen molar-refractivity contribution in [2.24, 2.45) is 0 Å². The molecule has 0 spiro atoms. The monoisotopic (exact) mass is 424 g/mol. The molecule has 0 aliphatic carbocycles. The third kappa shape index (κ3) is 4.04. The maximum absolute atomic E-state index is 13.2. The molecule has 1 aliphatic heterocycles. The molecule has 1 atom stereocenters. The number of nitrogens with zero attached hydrogens (tertiary/aromatic N) is 1. The van der Waals surface area contributed by atoms with Gasteiger partial charge >= 0.3 is 0 Å². The summed E-state index contributed by atoms with van der Waals surface area (Å²) < 4.78 is 12.4. The van der Waals surface area contributed by atoms with Crippen molar-refractivity contribution < 1.29 is 19.1 Å². The fourth-order valence-electron chi connectivity index (χ4n) is 3.77. The summed E-state index contributed by atoms with van der Waals surface area (Å²) in [5, 5.41) is 4.02. The van der Waals surface area contributed by atoms with Crippen LogP contribution in [0.5, 0.6) is 5.75 Å². The van der Waals surface area contributed by atoms with Gasteiger partial charge in [-0.25, -0.2) is 0 Å². The molecule has 1 aliphatic rings. The summed E-state index contributed by atoms with van der Waals surface area (Å²) in [4.78, 5) is 27.5. The number of nitrogens with one attached hydrogen (secondary N) is 1. The Hall–Kier alpha value is -2.90. The lowest BCUT2D eigenvalue weighted by molar-refractivity contribution is -0.136. The number of methoxy groups -OCH3 is 1. The highest BCUT2D eigenvalue weighted by Crippen LogP contribution is 2.38. The third-order valence-corrected chi connectivity index (χ3v) is 6.49. The molecule has 2 amide bonds. The molecular formula is C23H24N2O4S. The van der Waals surface area contributed by atoms with E-state index in [1.54, 1.807) is 18.9 Å². The number of thiophene rings is 1. The van der Waals surface area contributed by atoms with Crippen LogP contribution < -0.4 is 10.1 Å². The van der Waals surface area contributed by atoms with E-state index in [-0.39, 0.29) is 17.9 Å². The van der Waals surface area contributed by atoms with Gasteiger partial charge in [0.25, 0.3) is 5.91 Å². The summed E-state index contributed by atoms with van der Waals surface area (Å²) >= 11 is 1.45. The molecule has 156 valence electrons. The van der Waals surface area contributed by atoms with Gasteiger partial charge in [0.15, 0.2) is 0 Å². The molecule has 2 heterocycles. The molecule has 1 N–H and O–H groups in total. The van der Waals surface area contributed by atoms with Gasteiger partial charge in [-0.05, 0) is 17.5 Å². The minimum Gasteiger partial charge on any atom is -0.496 e. The van der Waals surface area contributed by atoms with Crippen molar-refractivity contribution in [1.29, 1.82) is 0 Å². The lowest BCUT2D eigenvalue weighted by Crippen LogP contribution is -2.41. The van der Waals surface area contributed by atoms with Crippen molar-refractivity contribution in [3.05, 3.63) is 64.5 Å². The number of rotatable bonds is 5. The molecule has 7 heteroatoms. The van der Waals surface area contributed by atoms with E-state index in [1.807, 2.05) is 48.5 Å². The van der Waals surface area contributed by atoms with Gasteiger partial charge in [0, 0.05) is 35.8 Å². The summed E-state index contributed by atoms with van der Waals surface area (Å²) in [7, 11) is 1.62. The van der Waals surface area contributed by atoms with Gasteiger partial charge in [0.1, 0.15) is 11.9 Å². The van der Waals surface area contributed by atoms with Crippen LogP contribution in [0.3, 0.4) is 0 Å². The Morgan fingerprint density at radius 1 is 1.20 bits per heavy atom. The Morgan fingerprint density at radius 3 is 2.77 bits per heavy atom. The molecule has 4 rings (SSSR count). The van der Waals surface area contributed by atoms with Crippen molar-refractivity contribution in [3.63, 3.8) is 0 Å². The first-order valence-corrected chi connectivity index (χ1v) is 10.7. The van der Waals surface area contributed by atoms with Crippen LogP contribution in [0.15, 0.2) is 48.5 Å². The molecule has 2 aromatic carbocycles. The van der Waals surface area contributed by atoms with Gasteiger partial charge in [-0.3, -0.25) is 9.59 Å². The summed E-state index contributed by atoms with van der Waals surface area (Å²) in [6.07, 6.45) is -0.328. The quantitative estimate of drug-likeness (QED) is 0.677. The average Bonchev–Trinajstić information content (AvgIpc) is 3.17. The minimum atomic E-state index is -0.328. The van der Waals surface area contributed by atoms with Crippen LogP contribution in [0, 0.1) is 0 Å². The Labute approximate surface area is 179 Å². The Kier molecular flexibility index (Phi) is 6.01. The van der Waals surface area contributed by atoms with Crippen LogP contribution in [0.25, 0.3) is 10.1 Å². The van der Waals surface area contributed by atoms with Crippen LogP contribution in [0.2, 0.25) is 0 Å². The maximum atomic E-state index is 13.2. The molecule has 0 radical (unpaired) electrons. The number of carbonyl (C=O) groups is 2. The van der Waals surface area contributed by atoms with Crippen LogP contribution in [0.1, 0.15) is 33.8 Å². The molecular weight excluding hydrogens is 400 g/mol. The van der Waals surface area contributed by atoms with Crippen molar-refractivity contribution in [2.45, 2.75) is 19.6 Å². The van der Waals surface area contributed by atoms with Gasteiger partial charge in [0.05, 0.1) is 25.1 Å². The predicted molar refractivity (Wildman–Crippen MR) is 117 cm³/mol. The molecule has 0 bridgehead atoms. The molecule has 3 aromatic rings. The normalized spacial score (nSPS) is 16.5. The van der Waals surface area contributed by atoms with E-state index in [0.717, 1.165) is 27.0 Å². The molecule has 0 saturated carbocycles. The first-order chi connectivity index (χ1) is 14.6. The number of hydrogen-bond acceptors (Lipinski definition) is 5. The number of benzene rings is 2. The first-order valence-electron chi connectivity index (χ1n) is 9.87. The summed E-state index contributed by atoms with van der Waals surface area (Å²) in [5.41, 5.74) is 1.77. The fraction of sp³-hybridized carbons (Fsp3) is 0.304. The number of morpholine rings is 1. The average molecular weight is 425 g/mol. The van der Waals surface area contributed by atoms with E-state index in [2.05, 4.69) is 5.32 Å². The highest BCUT2D eigenvalue weighted by molar-refractivity contribution is 7.21. The molecule has 30 heavy (non-hydrogen) atoms. The lowest BCUT2D eigenvalue weighted by Gasteiger charge is -2.32. The number of para-hydroxylation sites is 1. The fourth-order valence-corrected chi connectivity index (χ4v) is 4.94. The smallest absolute Gasteiger partial charge is 0.262 e. The Morgan fingerprint density at radius 2 is 1.97 bits per heavy atom. The zero-order chi connectivity index (χ0) is 21.1. The van der Waals surface area contributed by atoms with Crippen LogP contribution >= 0.6 is 11.3 Å². The van der Waals surface area contributed by atoms with E-state index < -0.39 is 0 Å². The van der Waals surface area contributed by atoms with Crippen molar-refractivity contribution in [2.75, 3.05) is 26.8 Å². The van der Waals surface area contributed by atoms with Gasteiger partial charge < -0.3 is 19.7 Å². The topological polar surface area (TPSA) is 67.9 Å². The molecule has 1 fully saturated rings. The lowest BCUT2D eigenvalue weighted by atomic mass is 10.0. The van der Waals surface area contributed by atoms with E-state index in [9.17, 15) is 9.59 Å². The zero-order valence-corrected chi connectivity index (χ0v) is 17.8. The summed E-state index contributed by atoms with van der Waals surface area (Å²) in [6.45, 7) is 3.40. The zero-order valence-electron chi connectivity index (χ0n) is 17.0. The van der Waals surface area contributed by atoms with Crippen molar-refractivity contribution >= 4 is 33.2 Å². The predicted octanol–water partition coefficient (Wildman–Crippen LogP) is 3.76. The van der Waals surface area contributed by atoms with E-state index in [4.69, 9.17) is 9.47 Å². The number of ether oxygens (including phenoxy) is 2. The number of hydrogen-bond donors (Lipinski definition) is 1. The SMILES string of the molecule is COc1ccccc1CNC(=O)c1sc2ccccc2c1C1CN(C(C)=O)CCO1. The van der Waals surface area contributed by atoms with Crippen LogP contribution in [0.4, 0.5) is 0 Å². The van der Waals surface area contributed by atoms with Crippen LogP contribution in [-0.2, 0) is 16.1 Å². The standard InChI is InChI=1S/C23H24N2O4S/c1-15(26)25-11-12-29-19(14-25)21-17-8-4-6-10-20(17)30-22(21)23(27)24-13-16-7-3-5-9-18(16)28-2/h3-10,19H,11-14H2,1-2H3,(H,24,27). The van der Waals surface area contributed by atoms with Gasteiger partial charge in [-0.2, -0.15) is 0 Å². The minimum absolute atomic E-state index is 0.0185. The van der Waals surface area contributed by atoms with Crippen molar-refractivity contribution in [3.8, 4) is 5.75 Å². The molecule has 6 nitrogen and oxygen atoms in total. The highest BCUT2D eigenvalue weighted by atomic mass is 32.1. The maximum Gasteiger partial charge on any atom is 0.262 e. The summed E-state index contributed by atoms with van der Waals surface area (Å²) in [6, 6.07) is 15.6. The number of carbonyl (C=O) groups excluding carboxylic acids is 2. The van der Waals surface area contributed by atoms with Crippen LogP contribution in [-0.4, -0.2) is 43.5 Å². The Bertz CT molecular complexity index is 1080. The van der Waals surface area contributed by atoms with Crippen molar-refractivity contribution in [1.82, 2.24) is 10.2 Å². The molecule has 1 aromatic heterocycles. The van der Waals surface area contributed by atoms with E-state index in [0.29, 0.717) is 31.1 Å². The molecule has 1 unspecified atom stereocenters. The second kappa shape index (κ2) is 8.85. The first kappa shape index (κ1) is 20.4. The van der Waals surface area contributed by atoms with Gasteiger partial charge in [-0.15, -0.1) is 11.3 Å². The summed E-state index contributed by atoms with van der Waals surface area (Å²) in [5.74, 6) is 0.604. The van der Waals surface area contributed by atoms with Gasteiger partial charge in [-0.1, -0.05) is 36.4 Å². The molecule has 1 saturated heterocycles. The third-order valence-electron chi connectivity index (χ3n) is 5.31. The largest absolute Gasteiger partial charge is 0.496 e. The number of amides is 2. The van der Waals surface area contributed by atoms with Gasteiger partial charge in [0.2, 0.25) is 5.91 Å². The van der Waals surface area contributed by atoms with E-state index in [1.165, 1.54) is 11.3 Å². The second-order valence-electron chi connectivity index (χ2n) is 7.16.